The molecule has 7 heteroatoms. The van der Waals surface area contributed by atoms with Crippen LogP contribution in [0.1, 0.15) is 22.4 Å². The Morgan fingerprint density at radius 3 is 2.22 bits per heavy atom. The number of hydrogen-bond donors (Lipinski definition) is 3. The first-order chi connectivity index (χ1) is 10.5. The number of aryl methyl sites for hydroxylation is 2. The number of rotatable bonds is 2. The Hall–Kier alpha value is -2.60. The van der Waals surface area contributed by atoms with Crippen molar-refractivity contribution in [2.24, 2.45) is 0 Å². The number of nitrogen functional groups attached to an aromatic ring is 3. The minimum absolute atomic E-state index is 0. The molecular formula is C16H19ClN6. The topological polar surface area (TPSA) is 117 Å². The van der Waals surface area contributed by atoms with Gasteiger partial charge in [-0.3, -0.25) is 0 Å². The van der Waals surface area contributed by atoms with Crippen LogP contribution >= 0.6 is 12.4 Å². The molecule has 120 valence electrons. The van der Waals surface area contributed by atoms with E-state index in [1.165, 1.54) is 0 Å². The van der Waals surface area contributed by atoms with Gasteiger partial charge in [0.05, 0.1) is 5.39 Å². The fourth-order valence-electron chi connectivity index (χ4n) is 2.67. The van der Waals surface area contributed by atoms with Gasteiger partial charge in [-0.25, -0.2) is 4.98 Å². The van der Waals surface area contributed by atoms with Crippen LogP contribution in [0.25, 0.3) is 11.0 Å². The summed E-state index contributed by atoms with van der Waals surface area (Å²) in [7, 11) is 0. The number of hydrogen-bond acceptors (Lipinski definition) is 6. The number of halogens is 1. The van der Waals surface area contributed by atoms with Crippen LogP contribution < -0.4 is 17.2 Å². The summed E-state index contributed by atoms with van der Waals surface area (Å²) in [6.45, 7) is 3.98. The Morgan fingerprint density at radius 2 is 1.57 bits per heavy atom. The van der Waals surface area contributed by atoms with Crippen LogP contribution in [0.3, 0.4) is 0 Å². The summed E-state index contributed by atoms with van der Waals surface area (Å²) in [5.41, 5.74) is 22.9. The highest BCUT2D eigenvalue weighted by Gasteiger charge is 2.14. The van der Waals surface area contributed by atoms with Crippen molar-refractivity contribution in [3.8, 4) is 0 Å². The van der Waals surface area contributed by atoms with E-state index in [4.69, 9.17) is 17.2 Å². The molecule has 3 aromatic rings. The maximum atomic E-state index is 6.00. The summed E-state index contributed by atoms with van der Waals surface area (Å²) in [4.78, 5) is 12.8. The molecular weight excluding hydrogens is 312 g/mol. The van der Waals surface area contributed by atoms with Gasteiger partial charge in [0.15, 0.2) is 5.65 Å². The van der Waals surface area contributed by atoms with E-state index in [-0.39, 0.29) is 18.4 Å². The summed E-state index contributed by atoms with van der Waals surface area (Å²) in [6, 6.07) is 7.82. The van der Waals surface area contributed by atoms with Crippen LogP contribution in [0.2, 0.25) is 0 Å². The summed E-state index contributed by atoms with van der Waals surface area (Å²) >= 11 is 0. The molecule has 0 saturated carbocycles. The van der Waals surface area contributed by atoms with Gasteiger partial charge in [0.25, 0.3) is 0 Å². The molecule has 0 bridgehead atoms. The van der Waals surface area contributed by atoms with Gasteiger partial charge in [0.2, 0.25) is 5.95 Å². The fourth-order valence-corrected chi connectivity index (χ4v) is 2.67. The first-order valence-corrected chi connectivity index (χ1v) is 6.99. The predicted octanol–water partition coefficient (Wildman–Crippen LogP) is 2.40. The molecule has 1 aromatic carbocycles. The molecule has 6 N–H and O–H groups in total. The van der Waals surface area contributed by atoms with Gasteiger partial charge in [-0.05, 0) is 49.1 Å². The molecule has 0 aliphatic carbocycles. The van der Waals surface area contributed by atoms with Crippen molar-refractivity contribution < 1.29 is 0 Å². The molecule has 2 heterocycles. The molecule has 23 heavy (non-hydrogen) atoms. The lowest BCUT2D eigenvalue weighted by Gasteiger charge is -2.13. The predicted molar refractivity (Wildman–Crippen MR) is 96.5 cm³/mol. The Balaban J connectivity index is 0.00000192. The second-order valence-electron chi connectivity index (χ2n) is 5.38. The smallest absolute Gasteiger partial charge is 0.224 e. The van der Waals surface area contributed by atoms with Crippen molar-refractivity contribution in [3.05, 3.63) is 46.6 Å². The molecule has 6 nitrogen and oxygen atoms in total. The zero-order valence-corrected chi connectivity index (χ0v) is 13.8. The van der Waals surface area contributed by atoms with Crippen LogP contribution in [0, 0.1) is 13.8 Å². The monoisotopic (exact) mass is 330 g/mol. The van der Waals surface area contributed by atoms with Crippen LogP contribution in [-0.4, -0.2) is 15.0 Å². The quantitative estimate of drug-likeness (QED) is 0.621. The fraction of sp³-hybridized carbons (Fsp3) is 0.188. The standard InChI is InChI=1S/C16H18N6.ClH/c1-8-12(7-10-3-5-11(17)6-4-10)9(2)20-15-13(8)14(18)21-16(19)22-15;/h3-6H,7,17H2,1-2H3,(H4,18,19,20,21,22);1H. The van der Waals surface area contributed by atoms with Crippen LogP contribution in [-0.2, 0) is 6.42 Å². The van der Waals surface area contributed by atoms with E-state index in [1.54, 1.807) is 0 Å². The van der Waals surface area contributed by atoms with Gasteiger partial charge in [0.1, 0.15) is 5.82 Å². The van der Waals surface area contributed by atoms with E-state index in [2.05, 4.69) is 15.0 Å². The van der Waals surface area contributed by atoms with Crippen molar-refractivity contribution in [2.45, 2.75) is 20.3 Å². The average molecular weight is 331 g/mol. The Kier molecular flexibility index (Phi) is 4.56. The van der Waals surface area contributed by atoms with Gasteiger partial charge in [-0.15, -0.1) is 12.4 Å². The number of nitrogens with two attached hydrogens (primary N) is 3. The Bertz CT molecular complexity index is 861. The van der Waals surface area contributed by atoms with E-state index < -0.39 is 0 Å². The Morgan fingerprint density at radius 1 is 0.913 bits per heavy atom. The van der Waals surface area contributed by atoms with E-state index in [0.717, 1.165) is 39.9 Å². The first-order valence-electron chi connectivity index (χ1n) is 6.99. The van der Waals surface area contributed by atoms with Crippen molar-refractivity contribution in [3.63, 3.8) is 0 Å². The molecule has 3 rings (SSSR count). The van der Waals surface area contributed by atoms with Crippen LogP contribution in [0.15, 0.2) is 24.3 Å². The summed E-state index contributed by atoms with van der Waals surface area (Å²) in [5.74, 6) is 0.508. The summed E-state index contributed by atoms with van der Waals surface area (Å²) in [6.07, 6.45) is 0.755. The minimum Gasteiger partial charge on any atom is -0.399 e. The highest BCUT2D eigenvalue weighted by molar-refractivity contribution is 5.90. The molecule has 0 radical (unpaired) electrons. The minimum atomic E-state index is 0. The number of anilines is 3. The van der Waals surface area contributed by atoms with Crippen LogP contribution in [0.5, 0.6) is 0 Å². The molecule has 2 aromatic heterocycles. The highest BCUT2D eigenvalue weighted by atomic mass is 35.5. The number of nitrogens with zero attached hydrogens (tertiary/aromatic N) is 3. The van der Waals surface area contributed by atoms with Crippen molar-refractivity contribution >= 4 is 40.9 Å². The molecule has 0 fully saturated rings. The lowest BCUT2D eigenvalue weighted by molar-refractivity contribution is 1.06. The highest BCUT2D eigenvalue weighted by Crippen LogP contribution is 2.27. The summed E-state index contributed by atoms with van der Waals surface area (Å²) in [5, 5.41) is 0.769. The van der Waals surface area contributed by atoms with Crippen molar-refractivity contribution in [2.75, 3.05) is 17.2 Å². The Labute approximate surface area is 140 Å². The van der Waals surface area contributed by atoms with Gasteiger partial charge in [-0.1, -0.05) is 12.1 Å². The molecule has 0 aliphatic rings. The molecule has 0 atom stereocenters. The maximum Gasteiger partial charge on any atom is 0.224 e. The van der Waals surface area contributed by atoms with Gasteiger partial charge >= 0.3 is 0 Å². The third kappa shape index (κ3) is 3.12. The second-order valence-corrected chi connectivity index (χ2v) is 5.38. The lowest BCUT2D eigenvalue weighted by Crippen LogP contribution is -2.07. The normalized spacial score (nSPS) is 10.5. The van der Waals surface area contributed by atoms with Crippen molar-refractivity contribution in [1.82, 2.24) is 15.0 Å². The zero-order valence-electron chi connectivity index (χ0n) is 13.0. The zero-order chi connectivity index (χ0) is 15.9. The molecule has 0 saturated heterocycles. The van der Waals surface area contributed by atoms with Crippen molar-refractivity contribution in [1.29, 1.82) is 0 Å². The number of pyridine rings is 1. The third-order valence-electron chi connectivity index (χ3n) is 3.83. The summed E-state index contributed by atoms with van der Waals surface area (Å²) < 4.78 is 0. The SMILES string of the molecule is Cc1nc2nc(N)nc(N)c2c(C)c1Cc1ccc(N)cc1.Cl. The lowest BCUT2D eigenvalue weighted by atomic mass is 9.97. The number of benzene rings is 1. The van der Waals surface area contributed by atoms with E-state index in [9.17, 15) is 0 Å². The molecule has 0 unspecified atom stereocenters. The average Bonchev–Trinajstić information content (AvgIpc) is 2.44. The maximum absolute atomic E-state index is 6.00. The van der Waals surface area contributed by atoms with Gasteiger partial charge in [-0.2, -0.15) is 9.97 Å². The number of aromatic nitrogens is 3. The van der Waals surface area contributed by atoms with Crippen LogP contribution in [0.4, 0.5) is 17.5 Å². The first kappa shape index (κ1) is 16.8. The molecule has 0 aliphatic heterocycles. The number of fused-ring (bicyclic) bond motifs is 1. The van der Waals surface area contributed by atoms with E-state index in [1.807, 2.05) is 38.1 Å². The van der Waals surface area contributed by atoms with Gasteiger partial charge < -0.3 is 17.2 Å². The second kappa shape index (κ2) is 6.26. The molecule has 0 amide bonds. The van der Waals surface area contributed by atoms with Gasteiger partial charge in [0, 0.05) is 11.4 Å². The van der Waals surface area contributed by atoms with E-state index >= 15 is 0 Å². The van der Waals surface area contributed by atoms with E-state index in [0.29, 0.717) is 11.5 Å². The third-order valence-corrected chi connectivity index (χ3v) is 3.83. The largest absolute Gasteiger partial charge is 0.399 e. The molecule has 0 spiro atoms.